The number of fused-ring (bicyclic) bond motifs is 1. The van der Waals surface area contributed by atoms with Crippen molar-refractivity contribution in [3.05, 3.63) is 120 Å². The molecule has 1 amide bonds. The number of benzene rings is 3. The van der Waals surface area contributed by atoms with Crippen LogP contribution >= 0.6 is 0 Å². The first-order valence-corrected chi connectivity index (χ1v) is 11.0. The quantitative estimate of drug-likeness (QED) is 0.564. The average molecular weight is 420 g/mol. The molecule has 0 N–H and O–H groups in total. The maximum atomic E-state index is 13.6. The molecule has 3 aromatic rings. The first kappa shape index (κ1) is 20.1. The molecule has 0 aliphatic carbocycles. The van der Waals surface area contributed by atoms with Crippen molar-refractivity contribution in [2.24, 2.45) is 9.98 Å². The Kier molecular flexibility index (Phi) is 5.51. The number of carbonyl (C=O) groups is 1. The molecular weight excluding hydrogens is 394 g/mol. The highest BCUT2D eigenvalue weighted by atomic mass is 16.2. The predicted molar refractivity (Wildman–Crippen MR) is 129 cm³/mol. The molecule has 0 radical (unpaired) electrons. The summed E-state index contributed by atoms with van der Waals surface area (Å²) >= 11 is 0. The summed E-state index contributed by atoms with van der Waals surface area (Å²) in [6, 6.07) is 30.6. The highest BCUT2D eigenvalue weighted by molar-refractivity contribution is 6.46. The van der Waals surface area contributed by atoms with E-state index in [-0.39, 0.29) is 5.91 Å². The molecule has 158 valence electrons. The largest absolute Gasteiger partial charge is 0.316 e. The van der Waals surface area contributed by atoms with Gasteiger partial charge in [-0.3, -0.25) is 9.79 Å². The van der Waals surface area contributed by atoms with Gasteiger partial charge in [0.2, 0.25) is 0 Å². The SMILES string of the molecule is O=C1N=C2C(=NCc3ccccc3)CC=CN2C1(Cc1ccccc1)Cc1ccccc1. The standard InChI is InChI=1S/C28H25N3O/c32-27-28(19-22-11-4-1-5-12-22,20-23-13-6-2-7-14-23)31-18-10-17-25(26(31)30-27)29-21-24-15-8-3-9-16-24/h1-16,18H,17,19-21H2. The first-order chi connectivity index (χ1) is 15.7. The molecule has 0 spiro atoms. The van der Waals surface area contributed by atoms with E-state index in [1.54, 1.807) is 0 Å². The molecule has 0 fully saturated rings. The smallest absolute Gasteiger partial charge is 0.274 e. The van der Waals surface area contributed by atoms with Crippen LogP contribution in [0.2, 0.25) is 0 Å². The van der Waals surface area contributed by atoms with Crippen molar-refractivity contribution in [3.63, 3.8) is 0 Å². The molecule has 4 nitrogen and oxygen atoms in total. The van der Waals surface area contributed by atoms with E-state index in [2.05, 4.69) is 52.4 Å². The Morgan fingerprint density at radius 1 is 0.781 bits per heavy atom. The maximum absolute atomic E-state index is 13.6. The van der Waals surface area contributed by atoms with Gasteiger partial charge in [0.15, 0.2) is 5.84 Å². The molecule has 2 heterocycles. The van der Waals surface area contributed by atoms with Gasteiger partial charge in [0.05, 0.1) is 12.3 Å². The predicted octanol–water partition coefficient (Wildman–Crippen LogP) is 5.01. The van der Waals surface area contributed by atoms with Gasteiger partial charge in [-0.15, -0.1) is 0 Å². The van der Waals surface area contributed by atoms with Gasteiger partial charge < -0.3 is 4.90 Å². The number of amides is 1. The monoisotopic (exact) mass is 419 g/mol. The maximum Gasteiger partial charge on any atom is 0.274 e. The normalized spacial score (nSPS) is 18.0. The fraction of sp³-hybridized carbons (Fsp3) is 0.179. The fourth-order valence-electron chi connectivity index (χ4n) is 4.49. The van der Waals surface area contributed by atoms with Crippen LogP contribution < -0.4 is 0 Å². The summed E-state index contributed by atoms with van der Waals surface area (Å²) in [5.41, 5.74) is 3.46. The lowest BCUT2D eigenvalue weighted by Crippen LogP contribution is -2.54. The number of carbonyl (C=O) groups excluding carboxylic acids is 1. The van der Waals surface area contributed by atoms with Crippen LogP contribution in [-0.4, -0.2) is 27.9 Å². The second-order valence-electron chi connectivity index (χ2n) is 8.30. The van der Waals surface area contributed by atoms with Crippen LogP contribution in [0.15, 0.2) is 113 Å². The van der Waals surface area contributed by atoms with Gasteiger partial charge in [-0.1, -0.05) is 97.1 Å². The Balaban J connectivity index is 1.51. The van der Waals surface area contributed by atoms with Crippen molar-refractivity contribution in [1.82, 2.24) is 4.90 Å². The van der Waals surface area contributed by atoms with Crippen LogP contribution in [0, 0.1) is 0 Å². The molecule has 2 aliphatic heterocycles. The topological polar surface area (TPSA) is 45.0 Å². The average Bonchev–Trinajstić information content (AvgIpc) is 3.11. The lowest BCUT2D eigenvalue weighted by Gasteiger charge is -2.38. The minimum absolute atomic E-state index is 0.0980. The summed E-state index contributed by atoms with van der Waals surface area (Å²) in [4.78, 5) is 25.1. The summed E-state index contributed by atoms with van der Waals surface area (Å²) < 4.78 is 0. The number of rotatable bonds is 6. The van der Waals surface area contributed by atoms with Gasteiger partial charge in [0, 0.05) is 25.5 Å². The summed E-state index contributed by atoms with van der Waals surface area (Å²) in [5, 5.41) is 0. The molecule has 5 rings (SSSR count). The van der Waals surface area contributed by atoms with Crippen LogP contribution in [-0.2, 0) is 24.2 Å². The molecule has 0 unspecified atom stereocenters. The van der Waals surface area contributed by atoms with Crippen molar-refractivity contribution in [2.45, 2.75) is 31.3 Å². The zero-order valence-corrected chi connectivity index (χ0v) is 17.9. The van der Waals surface area contributed by atoms with E-state index in [0.29, 0.717) is 31.6 Å². The van der Waals surface area contributed by atoms with Gasteiger partial charge >= 0.3 is 0 Å². The van der Waals surface area contributed by atoms with Crippen LogP contribution in [0.25, 0.3) is 0 Å². The molecule has 0 atom stereocenters. The minimum Gasteiger partial charge on any atom is -0.316 e. The lowest BCUT2D eigenvalue weighted by molar-refractivity contribution is -0.124. The second kappa shape index (κ2) is 8.75. The third-order valence-electron chi connectivity index (χ3n) is 6.09. The molecule has 32 heavy (non-hydrogen) atoms. The Morgan fingerprint density at radius 2 is 1.31 bits per heavy atom. The van der Waals surface area contributed by atoms with Gasteiger partial charge in [0.25, 0.3) is 5.91 Å². The fourth-order valence-corrected chi connectivity index (χ4v) is 4.49. The van der Waals surface area contributed by atoms with Crippen LogP contribution in [0.5, 0.6) is 0 Å². The molecule has 2 aliphatic rings. The Morgan fingerprint density at radius 3 is 1.88 bits per heavy atom. The number of hydrogen-bond acceptors (Lipinski definition) is 3. The van der Waals surface area contributed by atoms with E-state index in [0.717, 1.165) is 22.4 Å². The molecule has 0 saturated heterocycles. The van der Waals surface area contributed by atoms with Gasteiger partial charge in [-0.25, -0.2) is 0 Å². The Labute approximate surface area is 188 Å². The first-order valence-electron chi connectivity index (χ1n) is 11.0. The molecule has 0 aromatic heterocycles. The number of aliphatic imine (C=N–C) groups is 2. The summed E-state index contributed by atoms with van der Waals surface area (Å²) in [6.45, 7) is 0.579. The van der Waals surface area contributed by atoms with E-state index in [1.807, 2.05) is 60.8 Å². The Hall–Kier alpha value is -3.79. The minimum atomic E-state index is -0.789. The summed E-state index contributed by atoms with van der Waals surface area (Å²) in [5.74, 6) is 0.597. The van der Waals surface area contributed by atoms with Crippen molar-refractivity contribution in [3.8, 4) is 0 Å². The van der Waals surface area contributed by atoms with E-state index in [9.17, 15) is 4.79 Å². The van der Waals surface area contributed by atoms with Gasteiger partial charge in [-0.05, 0) is 16.7 Å². The summed E-state index contributed by atoms with van der Waals surface area (Å²) in [6.07, 6.45) is 5.97. The molecule has 4 heteroatoms. The summed E-state index contributed by atoms with van der Waals surface area (Å²) in [7, 11) is 0. The van der Waals surface area contributed by atoms with Crippen molar-refractivity contribution in [1.29, 1.82) is 0 Å². The van der Waals surface area contributed by atoms with E-state index in [1.165, 1.54) is 0 Å². The third kappa shape index (κ3) is 3.92. The van der Waals surface area contributed by atoms with Crippen LogP contribution in [0.4, 0.5) is 0 Å². The number of hydrogen-bond donors (Lipinski definition) is 0. The van der Waals surface area contributed by atoms with Crippen LogP contribution in [0.3, 0.4) is 0 Å². The van der Waals surface area contributed by atoms with Crippen LogP contribution in [0.1, 0.15) is 23.1 Å². The van der Waals surface area contributed by atoms with E-state index in [4.69, 9.17) is 4.99 Å². The second-order valence-corrected chi connectivity index (χ2v) is 8.30. The van der Waals surface area contributed by atoms with Gasteiger partial charge in [-0.2, -0.15) is 4.99 Å². The van der Waals surface area contributed by atoms with E-state index >= 15 is 0 Å². The lowest BCUT2D eigenvalue weighted by atomic mass is 9.82. The molecular formula is C28H25N3O. The van der Waals surface area contributed by atoms with Gasteiger partial charge in [0.1, 0.15) is 5.54 Å². The molecule has 3 aromatic carbocycles. The number of allylic oxidation sites excluding steroid dienone is 1. The zero-order chi connectivity index (χ0) is 21.8. The van der Waals surface area contributed by atoms with Crippen molar-refractivity contribution < 1.29 is 4.79 Å². The number of nitrogens with zero attached hydrogens (tertiary/aromatic N) is 3. The Bertz CT molecular complexity index is 1140. The third-order valence-corrected chi connectivity index (χ3v) is 6.09. The zero-order valence-electron chi connectivity index (χ0n) is 17.9. The molecule has 0 bridgehead atoms. The molecule has 0 saturated carbocycles. The van der Waals surface area contributed by atoms with E-state index < -0.39 is 5.54 Å². The van der Waals surface area contributed by atoms with Crippen molar-refractivity contribution >= 4 is 17.5 Å². The highest BCUT2D eigenvalue weighted by Gasteiger charge is 2.51. The number of amidine groups is 1. The highest BCUT2D eigenvalue weighted by Crippen LogP contribution is 2.35. The van der Waals surface area contributed by atoms with Crippen molar-refractivity contribution in [2.75, 3.05) is 0 Å².